The molecule has 1 fully saturated rings. The Kier molecular flexibility index (Phi) is 6.43. The second kappa shape index (κ2) is 8.96. The van der Waals surface area contributed by atoms with Gasteiger partial charge in [-0.15, -0.1) is 0 Å². The summed E-state index contributed by atoms with van der Waals surface area (Å²) < 4.78 is 28.7. The molecule has 2 aliphatic heterocycles. The van der Waals surface area contributed by atoms with Crippen LogP contribution in [0.4, 0.5) is 0 Å². The van der Waals surface area contributed by atoms with Gasteiger partial charge in [-0.1, -0.05) is 42.0 Å². The fraction of sp³-hybridized carbons (Fsp3) is 0.480. The number of amidine groups is 1. The van der Waals surface area contributed by atoms with Crippen molar-refractivity contribution in [3.05, 3.63) is 64.2 Å². The Morgan fingerprint density at radius 2 is 1.69 bits per heavy atom. The smallest absolute Gasteiger partial charge is 0.243 e. The van der Waals surface area contributed by atoms with E-state index < -0.39 is 10.0 Å². The highest BCUT2D eigenvalue weighted by atomic mass is 32.2. The average Bonchev–Trinajstić information content (AvgIpc) is 2.73. The standard InChI is InChI=1S/C25H34N4O2S/c1-18-15-20(3)23(21(4)16-18)32(30,31)29-13-9-25(10-14-29)24(26-11-12-28-25)27-17-22-8-6-5-7-19(22)2/h5-8,15-16,28H,9-14,17H2,1-4H3,(H,26,27). The third kappa shape index (κ3) is 4.34. The molecule has 2 aliphatic rings. The molecule has 0 bridgehead atoms. The first-order valence-corrected chi connectivity index (χ1v) is 12.8. The zero-order valence-corrected chi connectivity index (χ0v) is 20.3. The van der Waals surface area contributed by atoms with E-state index >= 15 is 0 Å². The molecule has 6 nitrogen and oxygen atoms in total. The van der Waals surface area contributed by atoms with Crippen LogP contribution in [0.25, 0.3) is 0 Å². The number of rotatable bonds is 4. The number of aryl methyl sites for hydroxylation is 4. The minimum Gasteiger partial charge on any atom is -0.368 e. The van der Waals surface area contributed by atoms with Gasteiger partial charge in [0.1, 0.15) is 5.84 Å². The lowest BCUT2D eigenvalue weighted by atomic mass is 9.85. The lowest BCUT2D eigenvalue weighted by molar-refractivity contribution is 0.241. The van der Waals surface area contributed by atoms with Gasteiger partial charge < -0.3 is 10.6 Å². The first-order valence-electron chi connectivity index (χ1n) is 11.4. The molecule has 0 radical (unpaired) electrons. The highest BCUT2D eigenvalue weighted by molar-refractivity contribution is 7.89. The minimum absolute atomic E-state index is 0.287. The Morgan fingerprint density at radius 1 is 1.03 bits per heavy atom. The fourth-order valence-corrected chi connectivity index (χ4v) is 6.99. The zero-order valence-electron chi connectivity index (χ0n) is 19.5. The van der Waals surface area contributed by atoms with Gasteiger partial charge in [-0.3, -0.25) is 4.99 Å². The quantitative estimate of drug-likeness (QED) is 0.744. The summed E-state index contributed by atoms with van der Waals surface area (Å²) in [5.41, 5.74) is 4.94. The third-order valence-corrected chi connectivity index (χ3v) is 8.99. The van der Waals surface area contributed by atoms with Gasteiger partial charge in [0, 0.05) is 26.2 Å². The number of aliphatic imine (C=N–C) groups is 1. The summed E-state index contributed by atoms with van der Waals surface area (Å²) in [4.78, 5) is 5.27. The number of hydrogen-bond donors (Lipinski definition) is 2. The van der Waals surface area contributed by atoms with E-state index in [2.05, 4.69) is 35.8 Å². The van der Waals surface area contributed by atoms with Crippen molar-refractivity contribution in [3.8, 4) is 0 Å². The highest BCUT2D eigenvalue weighted by Gasteiger charge is 2.43. The summed E-state index contributed by atoms with van der Waals surface area (Å²) in [6.45, 7) is 11.1. The van der Waals surface area contributed by atoms with Gasteiger partial charge >= 0.3 is 0 Å². The van der Waals surface area contributed by atoms with Crippen molar-refractivity contribution in [2.75, 3.05) is 26.2 Å². The van der Waals surface area contributed by atoms with Crippen molar-refractivity contribution in [1.29, 1.82) is 0 Å². The number of nitrogens with one attached hydrogen (secondary N) is 2. The van der Waals surface area contributed by atoms with E-state index in [1.54, 1.807) is 4.31 Å². The molecule has 2 aromatic rings. The van der Waals surface area contributed by atoms with Crippen molar-refractivity contribution in [2.45, 2.75) is 57.5 Å². The lowest BCUT2D eigenvalue weighted by Crippen LogP contribution is -2.64. The SMILES string of the molecule is Cc1cc(C)c(S(=O)(=O)N2CCC3(CC2)NCCN=C3NCc2ccccc2C)c(C)c1. The second-order valence-corrected chi connectivity index (χ2v) is 11.0. The largest absolute Gasteiger partial charge is 0.368 e. The highest BCUT2D eigenvalue weighted by Crippen LogP contribution is 2.31. The fourth-order valence-electron chi connectivity index (χ4n) is 5.14. The molecule has 0 unspecified atom stereocenters. The molecule has 2 N–H and O–H groups in total. The predicted octanol–water partition coefficient (Wildman–Crippen LogP) is 3.24. The van der Waals surface area contributed by atoms with Gasteiger partial charge in [-0.2, -0.15) is 4.31 Å². The van der Waals surface area contributed by atoms with Crippen molar-refractivity contribution in [3.63, 3.8) is 0 Å². The van der Waals surface area contributed by atoms with Gasteiger partial charge in [-0.25, -0.2) is 8.42 Å². The topological polar surface area (TPSA) is 73.8 Å². The second-order valence-electron chi connectivity index (χ2n) is 9.15. The first kappa shape index (κ1) is 23.0. The molecule has 0 aliphatic carbocycles. The molecule has 4 rings (SSSR count). The lowest BCUT2D eigenvalue weighted by Gasteiger charge is -2.44. The van der Waals surface area contributed by atoms with Crippen molar-refractivity contribution >= 4 is 15.9 Å². The van der Waals surface area contributed by atoms with Gasteiger partial charge in [-0.05, 0) is 62.8 Å². The molecule has 7 heteroatoms. The summed E-state index contributed by atoms with van der Waals surface area (Å²) >= 11 is 0. The Labute approximate surface area is 192 Å². The number of hydrogen-bond acceptors (Lipinski definition) is 5. The van der Waals surface area contributed by atoms with E-state index in [0.717, 1.165) is 42.2 Å². The number of nitrogens with zero attached hydrogens (tertiary/aromatic N) is 2. The Morgan fingerprint density at radius 3 is 2.34 bits per heavy atom. The van der Waals surface area contributed by atoms with Crippen LogP contribution in [0.15, 0.2) is 46.3 Å². The van der Waals surface area contributed by atoms with E-state index in [4.69, 9.17) is 4.99 Å². The van der Waals surface area contributed by atoms with Crippen molar-refractivity contribution in [1.82, 2.24) is 14.9 Å². The molecule has 1 spiro atoms. The van der Waals surface area contributed by atoms with Crippen LogP contribution in [-0.2, 0) is 16.6 Å². The van der Waals surface area contributed by atoms with Gasteiger partial charge in [0.15, 0.2) is 0 Å². The van der Waals surface area contributed by atoms with E-state index in [1.165, 1.54) is 11.1 Å². The van der Waals surface area contributed by atoms with Crippen molar-refractivity contribution in [2.24, 2.45) is 4.99 Å². The summed E-state index contributed by atoms with van der Waals surface area (Å²) in [7, 11) is -3.53. The Bertz CT molecular complexity index is 1110. The summed E-state index contributed by atoms with van der Waals surface area (Å²) in [5, 5.41) is 7.23. The van der Waals surface area contributed by atoms with Crippen LogP contribution >= 0.6 is 0 Å². The molecule has 1 saturated heterocycles. The maximum absolute atomic E-state index is 13.5. The summed E-state index contributed by atoms with van der Waals surface area (Å²) in [6.07, 6.45) is 1.41. The monoisotopic (exact) mass is 454 g/mol. The molecular weight excluding hydrogens is 420 g/mol. The molecule has 0 atom stereocenters. The van der Waals surface area contributed by atoms with Crippen LogP contribution in [-0.4, -0.2) is 50.3 Å². The molecule has 32 heavy (non-hydrogen) atoms. The Hall–Kier alpha value is -2.22. The maximum Gasteiger partial charge on any atom is 0.243 e. The number of sulfonamides is 1. The third-order valence-electron chi connectivity index (χ3n) is 6.78. The van der Waals surface area contributed by atoms with Crippen LogP contribution in [0.5, 0.6) is 0 Å². The molecule has 0 saturated carbocycles. The van der Waals surface area contributed by atoms with E-state index in [1.807, 2.05) is 39.0 Å². The number of piperidine rings is 1. The molecule has 0 aromatic heterocycles. The first-order chi connectivity index (χ1) is 15.2. The van der Waals surface area contributed by atoms with E-state index in [9.17, 15) is 8.42 Å². The molecule has 172 valence electrons. The normalized spacial score (nSPS) is 19.1. The van der Waals surface area contributed by atoms with E-state index in [-0.39, 0.29) is 5.54 Å². The van der Waals surface area contributed by atoms with Crippen LogP contribution in [0, 0.1) is 27.7 Å². The van der Waals surface area contributed by atoms with Gasteiger partial charge in [0.25, 0.3) is 0 Å². The zero-order chi connectivity index (χ0) is 22.9. The van der Waals surface area contributed by atoms with E-state index in [0.29, 0.717) is 30.8 Å². The van der Waals surface area contributed by atoms with Crippen LogP contribution in [0.2, 0.25) is 0 Å². The number of benzene rings is 2. The minimum atomic E-state index is -3.53. The molecule has 0 amide bonds. The molecular formula is C25H34N4O2S. The van der Waals surface area contributed by atoms with Crippen LogP contribution in [0.1, 0.15) is 40.7 Å². The van der Waals surface area contributed by atoms with Gasteiger partial charge in [0.05, 0.1) is 17.0 Å². The molecule has 2 heterocycles. The van der Waals surface area contributed by atoms with Gasteiger partial charge in [0.2, 0.25) is 10.0 Å². The predicted molar refractivity (Wildman–Crippen MR) is 130 cm³/mol. The van der Waals surface area contributed by atoms with Crippen molar-refractivity contribution < 1.29 is 8.42 Å². The average molecular weight is 455 g/mol. The maximum atomic E-state index is 13.5. The van der Waals surface area contributed by atoms with Crippen LogP contribution < -0.4 is 10.6 Å². The Balaban J connectivity index is 1.50. The molecule has 2 aromatic carbocycles. The summed E-state index contributed by atoms with van der Waals surface area (Å²) in [5.74, 6) is 0.965. The summed E-state index contributed by atoms with van der Waals surface area (Å²) in [6, 6.07) is 12.3. The van der Waals surface area contributed by atoms with Crippen LogP contribution in [0.3, 0.4) is 0 Å².